The molecule has 36 heavy (non-hydrogen) atoms. The third-order valence-corrected chi connectivity index (χ3v) is 5.03. The quantitative estimate of drug-likeness (QED) is 0.418. The predicted octanol–water partition coefficient (Wildman–Crippen LogP) is 3.90. The number of furan rings is 1. The lowest BCUT2D eigenvalue weighted by atomic mass is 10.1. The molecule has 0 fully saturated rings. The third kappa shape index (κ3) is 5.62. The minimum Gasteiger partial charge on any atom is -0.467 e. The standard InChI is InChI=1S/C25H24F2N6O3/c1-25(2,3)28-24(35)22(20-9-6-14-36-20)33(19-8-5-4-7-18(19)27)21(34)15-32-30-23(29-31-32)16-10-12-17(26)13-11-16/h4-14,22H,15H2,1-3H3,(H,28,35)/t22-/m1/s1. The molecule has 4 rings (SSSR count). The Morgan fingerprint density at radius 1 is 1.06 bits per heavy atom. The van der Waals surface area contributed by atoms with Gasteiger partial charge in [0.1, 0.15) is 23.9 Å². The summed E-state index contributed by atoms with van der Waals surface area (Å²) in [4.78, 5) is 29.1. The van der Waals surface area contributed by atoms with Gasteiger partial charge in [0.15, 0.2) is 6.04 Å². The van der Waals surface area contributed by atoms with Crippen LogP contribution in [0.4, 0.5) is 14.5 Å². The van der Waals surface area contributed by atoms with E-state index in [2.05, 4.69) is 20.7 Å². The monoisotopic (exact) mass is 494 g/mol. The van der Waals surface area contributed by atoms with Gasteiger partial charge in [-0.15, -0.1) is 10.2 Å². The summed E-state index contributed by atoms with van der Waals surface area (Å²) in [6.45, 7) is 4.91. The largest absolute Gasteiger partial charge is 0.467 e. The summed E-state index contributed by atoms with van der Waals surface area (Å²) in [5, 5.41) is 14.8. The Balaban J connectivity index is 1.71. The van der Waals surface area contributed by atoms with E-state index >= 15 is 0 Å². The molecule has 0 aliphatic rings. The highest BCUT2D eigenvalue weighted by Crippen LogP contribution is 2.31. The van der Waals surface area contributed by atoms with Crippen LogP contribution in [-0.4, -0.2) is 37.6 Å². The molecule has 0 radical (unpaired) electrons. The van der Waals surface area contributed by atoms with Gasteiger partial charge in [-0.05, 0) is 74.5 Å². The van der Waals surface area contributed by atoms with E-state index in [9.17, 15) is 18.4 Å². The first-order valence-electron chi connectivity index (χ1n) is 11.1. The molecule has 0 bridgehead atoms. The number of aromatic nitrogens is 4. The predicted molar refractivity (Wildman–Crippen MR) is 126 cm³/mol. The molecule has 2 heterocycles. The van der Waals surface area contributed by atoms with E-state index in [0.717, 1.165) is 9.70 Å². The fourth-order valence-electron chi connectivity index (χ4n) is 3.54. The molecule has 4 aromatic rings. The maximum absolute atomic E-state index is 15.0. The van der Waals surface area contributed by atoms with Gasteiger partial charge >= 0.3 is 0 Å². The van der Waals surface area contributed by atoms with Crippen molar-refractivity contribution < 1.29 is 22.8 Å². The summed E-state index contributed by atoms with van der Waals surface area (Å²) in [7, 11) is 0. The van der Waals surface area contributed by atoms with Gasteiger partial charge in [0.25, 0.3) is 11.8 Å². The first kappa shape index (κ1) is 24.7. The Morgan fingerprint density at radius 3 is 2.42 bits per heavy atom. The van der Waals surface area contributed by atoms with Crippen molar-refractivity contribution in [1.82, 2.24) is 25.5 Å². The van der Waals surface area contributed by atoms with Crippen LogP contribution in [0.15, 0.2) is 71.3 Å². The zero-order chi connectivity index (χ0) is 25.9. The molecule has 2 aromatic carbocycles. The highest BCUT2D eigenvalue weighted by atomic mass is 19.1. The number of rotatable bonds is 7. The van der Waals surface area contributed by atoms with Gasteiger partial charge in [-0.2, -0.15) is 4.80 Å². The van der Waals surface area contributed by atoms with Crippen molar-refractivity contribution in [1.29, 1.82) is 0 Å². The van der Waals surface area contributed by atoms with Crippen molar-refractivity contribution in [2.45, 2.75) is 38.9 Å². The molecular formula is C25H24F2N6O3. The fraction of sp³-hybridized carbons (Fsp3) is 0.240. The SMILES string of the molecule is CC(C)(C)NC(=O)[C@@H](c1ccco1)N(C(=O)Cn1nnc(-c2ccc(F)cc2)n1)c1ccccc1F. The van der Waals surface area contributed by atoms with Crippen molar-refractivity contribution >= 4 is 17.5 Å². The number of halogens is 2. The molecule has 0 saturated carbocycles. The maximum atomic E-state index is 15.0. The smallest absolute Gasteiger partial charge is 0.251 e. The number of amides is 2. The molecule has 0 unspecified atom stereocenters. The summed E-state index contributed by atoms with van der Waals surface area (Å²) < 4.78 is 33.7. The second kappa shape index (κ2) is 10.1. The van der Waals surface area contributed by atoms with Gasteiger partial charge in [0.05, 0.1) is 12.0 Å². The van der Waals surface area contributed by atoms with Crippen molar-refractivity contribution in [3.63, 3.8) is 0 Å². The number of hydrogen-bond acceptors (Lipinski definition) is 6. The average molecular weight is 495 g/mol. The minimum atomic E-state index is -1.32. The molecule has 0 aliphatic carbocycles. The zero-order valence-electron chi connectivity index (χ0n) is 19.9. The van der Waals surface area contributed by atoms with E-state index in [1.54, 1.807) is 32.9 Å². The lowest BCUT2D eigenvalue weighted by molar-refractivity contribution is -0.128. The molecule has 0 spiro atoms. The molecule has 0 aliphatic heterocycles. The van der Waals surface area contributed by atoms with Crippen molar-refractivity contribution in [3.05, 3.63) is 84.3 Å². The average Bonchev–Trinajstić information content (AvgIpc) is 3.50. The van der Waals surface area contributed by atoms with Crippen LogP contribution in [0.1, 0.15) is 32.6 Å². The number of tetrazole rings is 1. The van der Waals surface area contributed by atoms with E-state index in [0.29, 0.717) is 5.56 Å². The Bertz CT molecular complexity index is 1350. The van der Waals surface area contributed by atoms with Gasteiger partial charge in [-0.1, -0.05) is 12.1 Å². The molecular weight excluding hydrogens is 470 g/mol. The second-order valence-corrected chi connectivity index (χ2v) is 9.02. The minimum absolute atomic E-state index is 0.119. The van der Waals surface area contributed by atoms with E-state index in [-0.39, 0.29) is 17.3 Å². The highest BCUT2D eigenvalue weighted by Gasteiger charge is 2.37. The zero-order valence-corrected chi connectivity index (χ0v) is 19.9. The van der Waals surface area contributed by atoms with E-state index in [1.165, 1.54) is 54.8 Å². The number of anilines is 1. The number of nitrogens with one attached hydrogen (secondary N) is 1. The molecule has 1 atom stereocenters. The van der Waals surface area contributed by atoms with E-state index in [4.69, 9.17) is 4.42 Å². The van der Waals surface area contributed by atoms with Crippen LogP contribution in [0.3, 0.4) is 0 Å². The van der Waals surface area contributed by atoms with Crippen LogP contribution < -0.4 is 10.2 Å². The number of carbonyl (C=O) groups is 2. The molecule has 0 saturated heterocycles. The van der Waals surface area contributed by atoms with Crippen LogP contribution in [0.2, 0.25) is 0 Å². The lowest BCUT2D eigenvalue weighted by Crippen LogP contribution is -2.50. The van der Waals surface area contributed by atoms with Crippen molar-refractivity contribution in [2.75, 3.05) is 4.90 Å². The van der Waals surface area contributed by atoms with Crippen LogP contribution in [0.5, 0.6) is 0 Å². The topological polar surface area (TPSA) is 106 Å². The fourth-order valence-corrected chi connectivity index (χ4v) is 3.54. The molecule has 11 heteroatoms. The molecule has 2 amide bonds. The Hall–Kier alpha value is -4.41. The van der Waals surface area contributed by atoms with Crippen LogP contribution in [-0.2, 0) is 16.1 Å². The summed E-state index contributed by atoms with van der Waals surface area (Å²) in [6, 6.07) is 12.9. The van der Waals surface area contributed by atoms with Gasteiger partial charge in [0, 0.05) is 11.1 Å². The summed E-state index contributed by atoms with van der Waals surface area (Å²) >= 11 is 0. The second-order valence-electron chi connectivity index (χ2n) is 9.02. The van der Waals surface area contributed by atoms with Crippen molar-refractivity contribution in [2.24, 2.45) is 0 Å². The number of benzene rings is 2. The van der Waals surface area contributed by atoms with Gasteiger partial charge in [-0.25, -0.2) is 8.78 Å². The number of hydrogen-bond donors (Lipinski definition) is 1. The Morgan fingerprint density at radius 2 is 1.78 bits per heavy atom. The first-order chi connectivity index (χ1) is 17.1. The molecule has 186 valence electrons. The van der Waals surface area contributed by atoms with E-state index in [1.807, 2.05) is 0 Å². The van der Waals surface area contributed by atoms with Gasteiger partial charge < -0.3 is 9.73 Å². The van der Waals surface area contributed by atoms with Crippen LogP contribution in [0.25, 0.3) is 11.4 Å². The van der Waals surface area contributed by atoms with E-state index < -0.39 is 41.6 Å². The Kier molecular flexibility index (Phi) is 6.91. The number of nitrogens with zero attached hydrogens (tertiary/aromatic N) is 5. The Labute approximate surface area is 205 Å². The van der Waals surface area contributed by atoms with Crippen molar-refractivity contribution in [3.8, 4) is 11.4 Å². The molecule has 2 aromatic heterocycles. The first-order valence-corrected chi connectivity index (χ1v) is 11.1. The number of para-hydroxylation sites is 1. The lowest BCUT2D eigenvalue weighted by Gasteiger charge is -2.32. The van der Waals surface area contributed by atoms with Gasteiger partial charge in [-0.3, -0.25) is 14.5 Å². The third-order valence-electron chi connectivity index (χ3n) is 5.03. The van der Waals surface area contributed by atoms with Crippen LogP contribution in [0, 0.1) is 11.6 Å². The highest BCUT2D eigenvalue weighted by molar-refractivity contribution is 6.01. The molecule has 1 N–H and O–H groups in total. The summed E-state index contributed by atoms with van der Waals surface area (Å²) in [5.41, 5.74) is -0.255. The normalized spacial score (nSPS) is 12.2. The maximum Gasteiger partial charge on any atom is 0.251 e. The van der Waals surface area contributed by atoms with Crippen LogP contribution >= 0.6 is 0 Å². The summed E-state index contributed by atoms with van der Waals surface area (Å²) in [5.74, 6) is -2.05. The number of carbonyl (C=O) groups excluding carboxylic acids is 2. The summed E-state index contributed by atoms with van der Waals surface area (Å²) in [6.07, 6.45) is 1.37. The van der Waals surface area contributed by atoms with Gasteiger partial charge in [0.2, 0.25) is 5.82 Å². The molecule has 9 nitrogen and oxygen atoms in total.